The summed E-state index contributed by atoms with van der Waals surface area (Å²) < 4.78 is 5.47. The van der Waals surface area contributed by atoms with Gasteiger partial charge in [0.1, 0.15) is 5.75 Å². The van der Waals surface area contributed by atoms with Gasteiger partial charge in [0.25, 0.3) is 0 Å². The molecule has 0 aliphatic heterocycles. The van der Waals surface area contributed by atoms with Crippen molar-refractivity contribution in [2.24, 2.45) is 11.8 Å². The first-order valence-electron chi connectivity index (χ1n) is 7.77. The minimum Gasteiger partial charge on any atom is -0.496 e. The zero-order valence-electron chi connectivity index (χ0n) is 12.6. The molecule has 1 aromatic rings. The highest BCUT2D eigenvalue weighted by Gasteiger charge is 2.27. The van der Waals surface area contributed by atoms with Crippen LogP contribution in [0, 0.1) is 11.8 Å². The number of benzene rings is 1. The van der Waals surface area contributed by atoms with Gasteiger partial charge in [0.05, 0.1) is 7.11 Å². The van der Waals surface area contributed by atoms with E-state index >= 15 is 0 Å². The minimum absolute atomic E-state index is 0.756. The molecule has 1 aliphatic carbocycles. The molecule has 1 aromatic carbocycles. The fraction of sp³-hybridized carbons (Fsp3) is 0.647. The first-order valence-corrected chi connectivity index (χ1v) is 8.15. The lowest BCUT2D eigenvalue weighted by molar-refractivity contribution is 0.355. The van der Waals surface area contributed by atoms with Crippen molar-refractivity contribution in [3.05, 3.63) is 28.8 Å². The van der Waals surface area contributed by atoms with Crippen LogP contribution in [0.1, 0.15) is 38.2 Å². The van der Waals surface area contributed by atoms with E-state index in [1.807, 2.05) is 12.1 Å². The third-order valence-corrected chi connectivity index (χ3v) is 4.61. The molecule has 0 bridgehead atoms. The topological polar surface area (TPSA) is 21.3 Å². The molecule has 1 fully saturated rings. The number of hydrogen-bond acceptors (Lipinski definition) is 2. The van der Waals surface area contributed by atoms with Crippen LogP contribution in [0.2, 0.25) is 5.02 Å². The Morgan fingerprint density at radius 3 is 2.85 bits per heavy atom. The van der Waals surface area contributed by atoms with Crippen molar-refractivity contribution >= 4 is 11.6 Å². The zero-order chi connectivity index (χ0) is 14.4. The predicted octanol–water partition coefficient (Wildman–Crippen LogP) is 4.31. The van der Waals surface area contributed by atoms with E-state index in [9.17, 15) is 0 Å². The Balaban J connectivity index is 1.99. The fourth-order valence-corrected chi connectivity index (χ4v) is 3.50. The van der Waals surface area contributed by atoms with E-state index < -0.39 is 0 Å². The first-order chi connectivity index (χ1) is 9.74. The van der Waals surface area contributed by atoms with Gasteiger partial charge in [-0.1, -0.05) is 24.9 Å². The van der Waals surface area contributed by atoms with E-state index in [2.05, 4.69) is 18.3 Å². The molecule has 2 atom stereocenters. The summed E-state index contributed by atoms with van der Waals surface area (Å²) in [6, 6.07) is 5.95. The summed E-state index contributed by atoms with van der Waals surface area (Å²) in [5, 5.41) is 4.38. The molecule has 0 saturated heterocycles. The van der Waals surface area contributed by atoms with Crippen LogP contribution >= 0.6 is 11.6 Å². The number of halogens is 1. The Hall–Kier alpha value is -0.730. The summed E-state index contributed by atoms with van der Waals surface area (Å²) in [6.07, 6.45) is 6.33. The van der Waals surface area contributed by atoms with E-state index in [4.69, 9.17) is 16.3 Å². The lowest BCUT2D eigenvalue weighted by Gasteiger charge is -2.21. The second-order valence-electron chi connectivity index (χ2n) is 5.82. The standard InChI is InChI=1S/C17H26ClNO/c1-3-9-19-12-14-6-4-5-13(14)10-15-11-16(18)7-8-17(15)20-2/h7-8,11,13-14,19H,3-6,9-10,12H2,1-2H3. The second-order valence-corrected chi connectivity index (χ2v) is 6.25. The Kier molecular flexibility index (Phi) is 6.18. The van der Waals surface area contributed by atoms with Gasteiger partial charge in [0.2, 0.25) is 0 Å². The van der Waals surface area contributed by atoms with Crippen molar-refractivity contribution < 1.29 is 4.74 Å². The molecule has 112 valence electrons. The van der Waals surface area contributed by atoms with Crippen LogP contribution in [-0.4, -0.2) is 20.2 Å². The van der Waals surface area contributed by atoms with Gasteiger partial charge in [-0.3, -0.25) is 0 Å². The SMILES string of the molecule is CCCNCC1CCCC1Cc1cc(Cl)ccc1OC. The smallest absolute Gasteiger partial charge is 0.122 e. The zero-order valence-corrected chi connectivity index (χ0v) is 13.4. The molecule has 0 amide bonds. The highest BCUT2D eigenvalue weighted by molar-refractivity contribution is 6.30. The molecular formula is C17H26ClNO. The van der Waals surface area contributed by atoms with Crippen LogP contribution in [0.15, 0.2) is 18.2 Å². The van der Waals surface area contributed by atoms with Crippen LogP contribution in [0.25, 0.3) is 0 Å². The van der Waals surface area contributed by atoms with Crippen molar-refractivity contribution in [3.8, 4) is 5.75 Å². The van der Waals surface area contributed by atoms with Gasteiger partial charge in [0, 0.05) is 5.02 Å². The fourth-order valence-electron chi connectivity index (χ4n) is 3.30. The predicted molar refractivity (Wildman–Crippen MR) is 85.7 cm³/mol. The van der Waals surface area contributed by atoms with Crippen molar-refractivity contribution in [1.82, 2.24) is 5.32 Å². The van der Waals surface area contributed by atoms with Gasteiger partial charge in [-0.25, -0.2) is 0 Å². The van der Waals surface area contributed by atoms with Crippen LogP contribution in [0.3, 0.4) is 0 Å². The Labute approximate surface area is 127 Å². The summed E-state index contributed by atoms with van der Waals surface area (Å²) in [4.78, 5) is 0. The average Bonchev–Trinajstić information content (AvgIpc) is 2.87. The Morgan fingerprint density at radius 1 is 1.30 bits per heavy atom. The van der Waals surface area contributed by atoms with Crippen LogP contribution < -0.4 is 10.1 Å². The second kappa shape index (κ2) is 7.90. The van der Waals surface area contributed by atoms with E-state index in [1.165, 1.54) is 31.2 Å². The molecule has 3 heteroatoms. The van der Waals surface area contributed by atoms with Gasteiger partial charge in [-0.05, 0) is 74.4 Å². The molecule has 0 radical (unpaired) electrons. The van der Waals surface area contributed by atoms with Gasteiger partial charge in [-0.2, -0.15) is 0 Å². The van der Waals surface area contributed by atoms with Crippen LogP contribution in [-0.2, 0) is 6.42 Å². The monoisotopic (exact) mass is 295 g/mol. The lowest BCUT2D eigenvalue weighted by atomic mass is 9.89. The van der Waals surface area contributed by atoms with Gasteiger partial charge >= 0.3 is 0 Å². The third-order valence-electron chi connectivity index (χ3n) is 4.37. The number of rotatable bonds is 7. The Morgan fingerprint density at radius 2 is 2.10 bits per heavy atom. The molecule has 1 saturated carbocycles. The molecule has 0 heterocycles. The van der Waals surface area contributed by atoms with Crippen molar-refractivity contribution in [2.45, 2.75) is 39.0 Å². The summed E-state index contributed by atoms with van der Waals surface area (Å²) in [6.45, 7) is 4.50. The maximum atomic E-state index is 6.13. The van der Waals surface area contributed by atoms with Crippen molar-refractivity contribution in [2.75, 3.05) is 20.2 Å². The summed E-state index contributed by atoms with van der Waals surface area (Å²) in [7, 11) is 1.74. The quantitative estimate of drug-likeness (QED) is 0.757. The minimum atomic E-state index is 0.756. The molecule has 1 N–H and O–H groups in total. The molecule has 0 aromatic heterocycles. The number of nitrogens with one attached hydrogen (secondary N) is 1. The van der Waals surface area contributed by atoms with Gasteiger partial charge in [-0.15, -0.1) is 0 Å². The van der Waals surface area contributed by atoms with Crippen LogP contribution in [0.4, 0.5) is 0 Å². The summed E-state index contributed by atoms with van der Waals surface area (Å²) in [5.74, 6) is 2.53. The average molecular weight is 296 g/mol. The van der Waals surface area contributed by atoms with Crippen molar-refractivity contribution in [3.63, 3.8) is 0 Å². The summed E-state index contributed by atoms with van der Waals surface area (Å²) >= 11 is 6.13. The molecule has 1 aliphatic rings. The maximum absolute atomic E-state index is 6.13. The van der Waals surface area contributed by atoms with E-state index in [1.54, 1.807) is 7.11 Å². The largest absolute Gasteiger partial charge is 0.496 e. The summed E-state index contributed by atoms with van der Waals surface area (Å²) in [5.41, 5.74) is 1.26. The third kappa shape index (κ3) is 4.13. The highest BCUT2D eigenvalue weighted by atomic mass is 35.5. The molecular weight excluding hydrogens is 270 g/mol. The van der Waals surface area contributed by atoms with E-state index in [-0.39, 0.29) is 0 Å². The molecule has 2 rings (SSSR count). The molecule has 2 unspecified atom stereocenters. The van der Waals surface area contributed by atoms with Crippen molar-refractivity contribution in [1.29, 1.82) is 0 Å². The Bertz CT molecular complexity index is 421. The highest BCUT2D eigenvalue weighted by Crippen LogP contribution is 2.36. The van der Waals surface area contributed by atoms with Gasteiger partial charge < -0.3 is 10.1 Å². The molecule has 0 spiro atoms. The van der Waals surface area contributed by atoms with Crippen LogP contribution in [0.5, 0.6) is 5.75 Å². The maximum Gasteiger partial charge on any atom is 0.122 e. The number of methoxy groups -OCH3 is 1. The molecule has 2 nitrogen and oxygen atoms in total. The lowest BCUT2D eigenvalue weighted by Crippen LogP contribution is -2.26. The van der Waals surface area contributed by atoms with E-state index in [0.717, 1.165) is 42.1 Å². The molecule has 20 heavy (non-hydrogen) atoms. The van der Waals surface area contributed by atoms with E-state index in [0.29, 0.717) is 0 Å². The number of ether oxygens (including phenoxy) is 1. The first kappa shape index (κ1) is 15.7. The number of hydrogen-bond donors (Lipinski definition) is 1. The normalized spacial score (nSPS) is 22.1. The van der Waals surface area contributed by atoms with Gasteiger partial charge in [0.15, 0.2) is 0 Å².